The Morgan fingerprint density at radius 3 is 2.60 bits per heavy atom. The predicted molar refractivity (Wildman–Crippen MR) is 66.7 cm³/mol. The molecule has 0 fully saturated rings. The van der Waals surface area contributed by atoms with E-state index in [0.717, 1.165) is 15.4 Å². The minimum Gasteiger partial charge on any atom is -0.382 e. The van der Waals surface area contributed by atoms with Crippen molar-refractivity contribution >= 4 is 40.4 Å². The number of rotatable bonds is 1. The average molecular weight is 259 g/mol. The van der Waals surface area contributed by atoms with Crippen LogP contribution in [-0.4, -0.2) is 4.98 Å². The molecule has 1 heterocycles. The van der Waals surface area contributed by atoms with Gasteiger partial charge in [-0.3, -0.25) is 0 Å². The van der Waals surface area contributed by atoms with Gasteiger partial charge in [-0.15, -0.1) is 11.3 Å². The molecule has 0 unspecified atom stereocenters. The Balaban J connectivity index is 2.59. The summed E-state index contributed by atoms with van der Waals surface area (Å²) < 4.78 is 0. The van der Waals surface area contributed by atoms with E-state index < -0.39 is 0 Å². The number of aromatic nitrogens is 1. The molecule has 2 rings (SSSR count). The summed E-state index contributed by atoms with van der Waals surface area (Å²) >= 11 is 13.4. The van der Waals surface area contributed by atoms with E-state index in [-0.39, 0.29) is 0 Å². The largest absolute Gasteiger partial charge is 0.382 e. The molecule has 2 nitrogen and oxygen atoms in total. The first kappa shape index (κ1) is 10.7. The normalized spacial score (nSPS) is 10.6. The molecule has 0 radical (unpaired) electrons. The van der Waals surface area contributed by atoms with Gasteiger partial charge in [-0.1, -0.05) is 29.3 Å². The Kier molecular flexibility index (Phi) is 2.87. The van der Waals surface area contributed by atoms with Gasteiger partial charge in [0.15, 0.2) is 0 Å². The second-order valence-electron chi connectivity index (χ2n) is 3.07. The van der Waals surface area contributed by atoms with Gasteiger partial charge in [-0.2, -0.15) is 0 Å². The van der Waals surface area contributed by atoms with Crippen LogP contribution in [-0.2, 0) is 0 Å². The van der Waals surface area contributed by atoms with Crippen LogP contribution < -0.4 is 5.73 Å². The molecule has 1 aromatic heterocycles. The van der Waals surface area contributed by atoms with E-state index in [1.165, 1.54) is 11.3 Å². The highest BCUT2D eigenvalue weighted by atomic mass is 35.5. The van der Waals surface area contributed by atoms with Gasteiger partial charge in [0.1, 0.15) is 5.82 Å². The second-order valence-corrected chi connectivity index (χ2v) is 5.12. The van der Waals surface area contributed by atoms with Crippen LogP contribution in [0.2, 0.25) is 10.0 Å². The first-order valence-corrected chi connectivity index (χ1v) is 5.83. The molecule has 0 aliphatic rings. The first-order valence-electron chi connectivity index (χ1n) is 4.26. The average Bonchev–Trinajstić information content (AvgIpc) is 2.45. The molecule has 0 saturated heterocycles. The second kappa shape index (κ2) is 4.00. The van der Waals surface area contributed by atoms with Crippen molar-refractivity contribution in [3.8, 4) is 10.4 Å². The number of nitrogen functional groups attached to an aromatic ring is 1. The van der Waals surface area contributed by atoms with Gasteiger partial charge in [0.2, 0.25) is 0 Å². The molecule has 0 aliphatic heterocycles. The van der Waals surface area contributed by atoms with Crippen molar-refractivity contribution in [1.82, 2.24) is 4.98 Å². The van der Waals surface area contributed by atoms with Crippen molar-refractivity contribution in [1.29, 1.82) is 0 Å². The zero-order valence-corrected chi connectivity index (χ0v) is 10.2. The maximum absolute atomic E-state index is 6.08. The summed E-state index contributed by atoms with van der Waals surface area (Å²) in [6.45, 7) is 1.91. The van der Waals surface area contributed by atoms with Crippen molar-refractivity contribution in [2.24, 2.45) is 0 Å². The molecule has 78 valence electrons. The number of anilines is 1. The van der Waals surface area contributed by atoms with Gasteiger partial charge in [0, 0.05) is 10.6 Å². The molecule has 0 spiro atoms. The SMILES string of the molecule is Cc1nc(N)c(-c2ccc(Cl)cc2Cl)s1. The Labute approximate surface area is 102 Å². The molecular weight excluding hydrogens is 251 g/mol. The molecule has 0 aliphatic carbocycles. The van der Waals surface area contributed by atoms with Crippen molar-refractivity contribution in [2.75, 3.05) is 5.73 Å². The Bertz CT molecular complexity index is 508. The van der Waals surface area contributed by atoms with Gasteiger partial charge in [0.05, 0.1) is 14.9 Å². The van der Waals surface area contributed by atoms with Crippen LogP contribution in [0.15, 0.2) is 18.2 Å². The van der Waals surface area contributed by atoms with Crippen LogP contribution in [0.4, 0.5) is 5.82 Å². The van der Waals surface area contributed by atoms with E-state index in [9.17, 15) is 0 Å². The molecule has 0 bridgehead atoms. The highest BCUT2D eigenvalue weighted by molar-refractivity contribution is 7.15. The first-order chi connectivity index (χ1) is 7.08. The zero-order valence-electron chi connectivity index (χ0n) is 7.92. The third-order valence-electron chi connectivity index (χ3n) is 1.94. The molecule has 0 amide bonds. The fourth-order valence-corrected chi connectivity index (χ4v) is 2.75. The van der Waals surface area contributed by atoms with Gasteiger partial charge in [-0.25, -0.2) is 4.98 Å². The molecular formula is C10H8Cl2N2S. The number of hydrogen-bond acceptors (Lipinski definition) is 3. The maximum Gasteiger partial charge on any atom is 0.142 e. The van der Waals surface area contributed by atoms with E-state index >= 15 is 0 Å². The third kappa shape index (κ3) is 2.09. The van der Waals surface area contributed by atoms with Crippen molar-refractivity contribution in [2.45, 2.75) is 6.92 Å². The van der Waals surface area contributed by atoms with Crippen LogP contribution in [0.3, 0.4) is 0 Å². The van der Waals surface area contributed by atoms with Gasteiger partial charge >= 0.3 is 0 Å². The standard InChI is InChI=1S/C10H8Cl2N2S/c1-5-14-10(13)9(15-5)7-3-2-6(11)4-8(7)12/h2-4H,13H2,1H3. The quantitative estimate of drug-likeness (QED) is 0.840. The van der Waals surface area contributed by atoms with Gasteiger partial charge in [-0.05, 0) is 19.1 Å². The lowest BCUT2D eigenvalue weighted by atomic mass is 10.2. The molecule has 15 heavy (non-hydrogen) atoms. The van der Waals surface area contributed by atoms with E-state index in [1.54, 1.807) is 12.1 Å². The highest BCUT2D eigenvalue weighted by Gasteiger charge is 2.11. The number of thiazole rings is 1. The number of nitrogens with two attached hydrogens (primary N) is 1. The minimum atomic E-state index is 0.515. The van der Waals surface area contributed by atoms with Crippen LogP contribution in [0.25, 0.3) is 10.4 Å². The zero-order chi connectivity index (χ0) is 11.0. The van der Waals surface area contributed by atoms with E-state index in [1.807, 2.05) is 13.0 Å². The summed E-state index contributed by atoms with van der Waals surface area (Å²) in [7, 11) is 0. The fraction of sp³-hybridized carbons (Fsp3) is 0.100. The summed E-state index contributed by atoms with van der Waals surface area (Å²) in [5, 5.41) is 2.13. The smallest absolute Gasteiger partial charge is 0.142 e. The lowest BCUT2D eigenvalue weighted by molar-refractivity contribution is 1.31. The Morgan fingerprint density at radius 2 is 2.07 bits per heavy atom. The van der Waals surface area contributed by atoms with Crippen molar-refractivity contribution < 1.29 is 0 Å². The maximum atomic E-state index is 6.08. The summed E-state index contributed by atoms with van der Waals surface area (Å²) in [5.41, 5.74) is 6.67. The lowest BCUT2D eigenvalue weighted by Gasteiger charge is -2.02. The molecule has 1 aromatic carbocycles. The third-order valence-corrected chi connectivity index (χ3v) is 3.50. The highest BCUT2D eigenvalue weighted by Crippen LogP contribution is 2.37. The monoisotopic (exact) mass is 258 g/mol. The summed E-state index contributed by atoms with van der Waals surface area (Å²) in [5.74, 6) is 0.515. The van der Waals surface area contributed by atoms with Crippen LogP contribution in [0, 0.1) is 6.92 Å². The van der Waals surface area contributed by atoms with E-state index in [0.29, 0.717) is 15.9 Å². The van der Waals surface area contributed by atoms with Crippen LogP contribution in [0.5, 0.6) is 0 Å². The molecule has 2 aromatic rings. The summed E-state index contributed by atoms with van der Waals surface area (Å²) in [6.07, 6.45) is 0. The predicted octanol–water partition coefficient (Wildman–Crippen LogP) is 4.01. The number of aryl methyl sites for hydroxylation is 1. The molecule has 0 atom stereocenters. The summed E-state index contributed by atoms with van der Waals surface area (Å²) in [6, 6.07) is 5.35. The van der Waals surface area contributed by atoms with Gasteiger partial charge < -0.3 is 5.73 Å². The van der Waals surface area contributed by atoms with Gasteiger partial charge in [0.25, 0.3) is 0 Å². The van der Waals surface area contributed by atoms with Crippen LogP contribution >= 0.6 is 34.5 Å². The number of nitrogens with zero attached hydrogens (tertiary/aromatic N) is 1. The Morgan fingerprint density at radius 1 is 1.33 bits per heavy atom. The van der Waals surface area contributed by atoms with Crippen molar-refractivity contribution in [3.63, 3.8) is 0 Å². The molecule has 5 heteroatoms. The number of hydrogen-bond donors (Lipinski definition) is 1. The Hall–Kier alpha value is -0.770. The van der Waals surface area contributed by atoms with Crippen molar-refractivity contribution in [3.05, 3.63) is 33.3 Å². The number of halogens is 2. The topological polar surface area (TPSA) is 38.9 Å². The van der Waals surface area contributed by atoms with E-state index in [4.69, 9.17) is 28.9 Å². The minimum absolute atomic E-state index is 0.515. The lowest BCUT2D eigenvalue weighted by Crippen LogP contribution is -1.87. The number of benzene rings is 1. The molecule has 0 saturated carbocycles. The van der Waals surface area contributed by atoms with Crippen LogP contribution in [0.1, 0.15) is 5.01 Å². The molecule has 2 N–H and O–H groups in total. The summed E-state index contributed by atoms with van der Waals surface area (Å²) in [4.78, 5) is 5.05. The fourth-order valence-electron chi connectivity index (χ4n) is 1.31. The van der Waals surface area contributed by atoms with E-state index in [2.05, 4.69) is 4.98 Å².